The molecule has 0 saturated heterocycles. The van der Waals surface area contributed by atoms with Crippen molar-refractivity contribution in [2.75, 3.05) is 20.3 Å². The van der Waals surface area contributed by atoms with Crippen molar-refractivity contribution < 1.29 is 18.7 Å². The number of halogens is 1. The van der Waals surface area contributed by atoms with Crippen molar-refractivity contribution in [2.45, 2.75) is 13.3 Å². The molecule has 0 aromatic carbocycles. The minimum atomic E-state index is -0.593. The molecule has 0 bridgehead atoms. The van der Waals surface area contributed by atoms with Crippen LogP contribution in [0.3, 0.4) is 0 Å². The number of carbonyl (C=O) groups excluding carboxylic acids is 1. The maximum Gasteiger partial charge on any atom is 0.271 e. The van der Waals surface area contributed by atoms with E-state index < -0.39 is 11.9 Å². The van der Waals surface area contributed by atoms with Gasteiger partial charge in [-0.1, -0.05) is 0 Å². The van der Waals surface area contributed by atoms with Crippen molar-refractivity contribution in [2.24, 2.45) is 0 Å². The molecule has 0 spiro atoms. The minimum Gasteiger partial charge on any atom is -0.495 e. The van der Waals surface area contributed by atoms with E-state index >= 15 is 0 Å². The molecule has 0 unspecified atom stereocenters. The molecule has 3 rings (SSSR count). The van der Waals surface area contributed by atoms with Crippen LogP contribution in [0.1, 0.15) is 23.0 Å². The fourth-order valence-corrected chi connectivity index (χ4v) is 2.58. The second-order valence-electron chi connectivity index (χ2n) is 5.98. The standard InChI is InChI=1S/C20H20FN5O3/c1-3-29-18-5-4-14(10-23-18)15-9-17(26-25-11-15)20(27)22-7-6-13-8-16(28-2)12-24-19(13)21/h4-5,8-12H,3,6-7H2,1-2H3,(H,22,27). The molecule has 0 radical (unpaired) electrons. The largest absolute Gasteiger partial charge is 0.495 e. The summed E-state index contributed by atoms with van der Waals surface area (Å²) in [6.45, 7) is 2.62. The van der Waals surface area contributed by atoms with E-state index in [4.69, 9.17) is 9.47 Å². The molecule has 1 amide bonds. The zero-order valence-electron chi connectivity index (χ0n) is 16.1. The maximum absolute atomic E-state index is 13.8. The van der Waals surface area contributed by atoms with Crippen LogP contribution in [0.25, 0.3) is 11.1 Å². The summed E-state index contributed by atoms with van der Waals surface area (Å²) >= 11 is 0. The Morgan fingerprint density at radius 3 is 2.72 bits per heavy atom. The molecule has 0 aliphatic rings. The highest BCUT2D eigenvalue weighted by atomic mass is 19.1. The number of hydrogen-bond acceptors (Lipinski definition) is 7. The number of amides is 1. The molecule has 0 fully saturated rings. The number of carbonyl (C=O) groups is 1. The van der Waals surface area contributed by atoms with Gasteiger partial charge in [0.1, 0.15) is 5.75 Å². The first kappa shape index (κ1) is 20.1. The molecule has 0 atom stereocenters. The number of pyridine rings is 2. The number of hydrogen-bond donors (Lipinski definition) is 1. The van der Waals surface area contributed by atoms with Crippen molar-refractivity contribution in [3.8, 4) is 22.8 Å². The van der Waals surface area contributed by atoms with Gasteiger partial charge in [-0.2, -0.15) is 9.49 Å². The van der Waals surface area contributed by atoms with Crippen molar-refractivity contribution in [1.82, 2.24) is 25.5 Å². The van der Waals surface area contributed by atoms with E-state index in [9.17, 15) is 9.18 Å². The third kappa shape index (κ3) is 5.22. The predicted molar refractivity (Wildman–Crippen MR) is 103 cm³/mol. The third-order valence-electron chi connectivity index (χ3n) is 4.05. The average Bonchev–Trinajstić information content (AvgIpc) is 2.76. The molecular formula is C20H20FN5O3. The third-order valence-corrected chi connectivity index (χ3v) is 4.05. The van der Waals surface area contributed by atoms with E-state index in [-0.39, 0.29) is 18.7 Å². The second kappa shape index (κ2) is 9.54. The van der Waals surface area contributed by atoms with E-state index in [1.165, 1.54) is 13.3 Å². The van der Waals surface area contributed by atoms with Gasteiger partial charge in [-0.25, -0.2) is 9.97 Å². The Morgan fingerprint density at radius 2 is 2.00 bits per heavy atom. The fourth-order valence-electron chi connectivity index (χ4n) is 2.58. The minimum absolute atomic E-state index is 0.153. The van der Waals surface area contributed by atoms with Gasteiger partial charge in [0.15, 0.2) is 5.69 Å². The second-order valence-corrected chi connectivity index (χ2v) is 5.98. The highest BCUT2D eigenvalue weighted by molar-refractivity contribution is 5.93. The molecule has 3 aromatic rings. The number of nitrogens with zero attached hydrogens (tertiary/aromatic N) is 4. The van der Waals surface area contributed by atoms with E-state index in [1.54, 1.807) is 30.6 Å². The smallest absolute Gasteiger partial charge is 0.271 e. The fraction of sp³-hybridized carbons (Fsp3) is 0.250. The summed E-state index contributed by atoms with van der Waals surface area (Å²) in [5.74, 6) is -0.0231. The van der Waals surface area contributed by atoms with Crippen LogP contribution in [-0.4, -0.2) is 46.3 Å². The van der Waals surface area contributed by atoms with Gasteiger partial charge in [-0.05, 0) is 31.5 Å². The van der Waals surface area contributed by atoms with Crippen LogP contribution in [0.2, 0.25) is 0 Å². The summed E-state index contributed by atoms with van der Waals surface area (Å²) < 4.78 is 24.1. The first-order chi connectivity index (χ1) is 14.1. The van der Waals surface area contributed by atoms with Gasteiger partial charge >= 0.3 is 0 Å². The zero-order valence-corrected chi connectivity index (χ0v) is 16.1. The lowest BCUT2D eigenvalue weighted by atomic mass is 10.1. The summed E-state index contributed by atoms with van der Waals surface area (Å²) in [7, 11) is 1.48. The molecule has 0 aliphatic carbocycles. The van der Waals surface area contributed by atoms with Crippen LogP contribution in [0.4, 0.5) is 4.39 Å². The number of ether oxygens (including phenoxy) is 2. The monoisotopic (exact) mass is 397 g/mol. The normalized spacial score (nSPS) is 10.4. The van der Waals surface area contributed by atoms with Gasteiger partial charge in [-0.15, -0.1) is 5.10 Å². The Bertz CT molecular complexity index is 982. The summed E-state index contributed by atoms with van der Waals surface area (Å²) in [6.07, 6.45) is 4.75. The first-order valence-electron chi connectivity index (χ1n) is 8.99. The topological polar surface area (TPSA) is 99.1 Å². The average molecular weight is 397 g/mol. The van der Waals surface area contributed by atoms with E-state index in [0.29, 0.717) is 29.4 Å². The Balaban J connectivity index is 1.63. The zero-order chi connectivity index (χ0) is 20.6. The van der Waals surface area contributed by atoms with Crippen molar-refractivity contribution in [3.63, 3.8) is 0 Å². The van der Waals surface area contributed by atoms with Crippen LogP contribution in [-0.2, 0) is 6.42 Å². The number of rotatable bonds is 8. The number of methoxy groups -OCH3 is 1. The Hall–Kier alpha value is -3.62. The van der Waals surface area contributed by atoms with Gasteiger partial charge in [0.2, 0.25) is 11.8 Å². The number of nitrogens with one attached hydrogen (secondary N) is 1. The summed E-state index contributed by atoms with van der Waals surface area (Å²) in [4.78, 5) is 20.2. The first-order valence-corrected chi connectivity index (χ1v) is 8.99. The lowest BCUT2D eigenvalue weighted by molar-refractivity contribution is 0.0948. The lowest BCUT2D eigenvalue weighted by Crippen LogP contribution is -2.27. The van der Waals surface area contributed by atoms with Crippen molar-refractivity contribution >= 4 is 5.91 Å². The quantitative estimate of drug-likeness (QED) is 0.583. The van der Waals surface area contributed by atoms with Gasteiger partial charge in [0, 0.05) is 35.5 Å². The van der Waals surface area contributed by atoms with Gasteiger partial charge in [0.05, 0.1) is 26.1 Å². The van der Waals surface area contributed by atoms with Crippen LogP contribution in [0.15, 0.2) is 42.9 Å². The Labute approximate surface area is 167 Å². The van der Waals surface area contributed by atoms with Crippen LogP contribution in [0.5, 0.6) is 11.6 Å². The van der Waals surface area contributed by atoms with E-state index in [2.05, 4.69) is 25.5 Å². The summed E-state index contributed by atoms with van der Waals surface area (Å²) in [5, 5.41) is 10.5. The molecular weight excluding hydrogens is 377 g/mol. The van der Waals surface area contributed by atoms with Crippen LogP contribution < -0.4 is 14.8 Å². The van der Waals surface area contributed by atoms with E-state index in [0.717, 1.165) is 5.56 Å². The predicted octanol–water partition coefficient (Wildman–Crippen LogP) is 2.45. The highest BCUT2D eigenvalue weighted by Gasteiger charge is 2.11. The summed E-state index contributed by atoms with van der Waals surface area (Å²) in [5.41, 5.74) is 1.98. The van der Waals surface area contributed by atoms with Crippen LogP contribution >= 0.6 is 0 Å². The molecule has 29 heavy (non-hydrogen) atoms. The molecule has 0 aliphatic heterocycles. The van der Waals surface area contributed by atoms with Gasteiger partial charge in [0.25, 0.3) is 5.91 Å². The van der Waals surface area contributed by atoms with Gasteiger partial charge in [-0.3, -0.25) is 4.79 Å². The van der Waals surface area contributed by atoms with Crippen LogP contribution in [0, 0.1) is 5.95 Å². The molecule has 150 valence electrons. The van der Waals surface area contributed by atoms with Crippen molar-refractivity contribution in [3.05, 3.63) is 60.1 Å². The molecule has 1 N–H and O–H groups in total. The SMILES string of the molecule is CCOc1ccc(-c2cnnc(C(=O)NCCc3cc(OC)cnc3F)c2)cn1. The molecule has 8 nitrogen and oxygen atoms in total. The Kier molecular flexibility index (Phi) is 6.62. The molecule has 3 heterocycles. The highest BCUT2D eigenvalue weighted by Crippen LogP contribution is 2.20. The summed E-state index contributed by atoms with van der Waals surface area (Å²) in [6, 6.07) is 6.74. The molecule has 3 aromatic heterocycles. The number of aromatic nitrogens is 4. The molecule has 9 heteroatoms. The lowest BCUT2D eigenvalue weighted by Gasteiger charge is -2.08. The molecule has 0 saturated carbocycles. The van der Waals surface area contributed by atoms with Crippen molar-refractivity contribution in [1.29, 1.82) is 0 Å². The van der Waals surface area contributed by atoms with Gasteiger partial charge < -0.3 is 14.8 Å². The maximum atomic E-state index is 13.8. The van der Waals surface area contributed by atoms with E-state index in [1.807, 2.05) is 13.0 Å². The Morgan fingerprint density at radius 1 is 1.14 bits per heavy atom.